The maximum absolute atomic E-state index is 15.0. The van der Waals surface area contributed by atoms with Crippen LogP contribution in [0.25, 0.3) is 0 Å². The van der Waals surface area contributed by atoms with Gasteiger partial charge in [-0.1, -0.05) is 38.7 Å². The maximum atomic E-state index is 15.0. The Bertz CT molecular complexity index is 676. The summed E-state index contributed by atoms with van der Waals surface area (Å²) >= 11 is 0. The van der Waals surface area contributed by atoms with E-state index in [-0.39, 0.29) is 5.82 Å². The van der Waals surface area contributed by atoms with Gasteiger partial charge in [-0.15, -0.1) is 0 Å². The van der Waals surface area contributed by atoms with Gasteiger partial charge in [0, 0.05) is 12.7 Å². The van der Waals surface area contributed by atoms with E-state index in [1.807, 2.05) is 19.1 Å². The van der Waals surface area contributed by atoms with Crippen molar-refractivity contribution in [3.05, 3.63) is 29.6 Å². The van der Waals surface area contributed by atoms with Crippen molar-refractivity contribution < 1.29 is 13.9 Å². The van der Waals surface area contributed by atoms with E-state index in [1.165, 1.54) is 64.2 Å². The topological polar surface area (TPSA) is 18.5 Å². The van der Waals surface area contributed by atoms with Gasteiger partial charge in [0.15, 0.2) is 0 Å². The number of halogens is 1. The van der Waals surface area contributed by atoms with E-state index >= 15 is 0 Å². The zero-order valence-electron chi connectivity index (χ0n) is 19.8. The lowest BCUT2D eigenvalue weighted by atomic mass is 9.61. The number of hydrogen-bond acceptors (Lipinski definition) is 2. The molecule has 0 amide bonds. The lowest BCUT2D eigenvalue weighted by Gasteiger charge is -2.46. The highest BCUT2D eigenvalue weighted by Crippen LogP contribution is 2.50. The molecule has 1 aromatic rings. The van der Waals surface area contributed by atoms with Crippen molar-refractivity contribution in [2.24, 2.45) is 23.7 Å². The van der Waals surface area contributed by atoms with Crippen LogP contribution in [-0.4, -0.2) is 19.3 Å². The summed E-state index contributed by atoms with van der Waals surface area (Å²) in [7, 11) is 0. The predicted octanol–water partition coefficient (Wildman–Crippen LogP) is 7.90. The van der Waals surface area contributed by atoms with Gasteiger partial charge in [0.05, 0.1) is 12.7 Å². The molecule has 3 heteroatoms. The molecule has 0 aromatic heterocycles. The summed E-state index contributed by atoms with van der Waals surface area (Å²) in [6, 6.07) is 5.53. The Kier molecular flexibility index (Phi) is 8.31. The SMILES string of the molecule is CCCC1CCC(C2CCC(c3ccc(OCC)cc3F)CC2C2CCCCO2)CC1. The van der Waals surface area contributed by atoms with Gasteiger partial charge in [0.25, 0.3) is 0 Å². The van der Waals surface area contributed by atoms with E-state index in [4.69, 9.17) is 9.47 Å². The van der Waals surface area contributed by atoms with Crippen LogP contribution < -0.4 is 4.74 Å². The quantitative estimate of drug-likeness (QED) is 0.438. The van der Waals surface area contributed by atoms with E-state index in [0.29, 0.717) is 30.3 Å². The second-order valence-corrected chi connectivity index (χ2v) is 10.4. The number of benzene rings is 1. The summed E-state index contributed by atoms with van der Waals surface area (Å²) in [6.07, 6.45) is 15.9. The monoisotopic (exact) mass is 430 g/mol. The molecule has 4 unspecified atom stereocenters. The first-order valence-corrected chi connectivity index (χ1v) is 13.2. The molecule has 3 aliphatic rings. The molecule has 2 saturated carbocycles. The van der Waals surface area contributed by atoms with Crippen LogP contribution in [0.5, 0.6) is 5.75 Å². The van der Waals surface area contributed by atoms with Crippen LogP contribution in [0.1, 0.15) is 102 Å². The van der Waals surface area contributed by atoms with Crippen LogP contribution in [0.4, 0.5) is 4.39 Å². The predicted molar refractivity (Wildman–Crippen MR) is 125 cm³/mol. The largest absolute Gasteiger partial charge is 0.494 e. The van der Waals surface area contributed by atoms with Crippen LogP contribution in [0, 0.1) is 29.5 Å². The summed E-state index contributed by atoms with van der Waals surface area (Å²) < 4.78 is 26.8. The summed E-state index contributed by atoms with van der Waals surface area (Å²) in [5, 5.41) is 0. The molecule has 4 atom stereocenters. The van der Waals surface area contributed by atoms with Gasteiger partial charge >= 0.3 is 0 Å². The Labute approximate surface area is 189 Å². The average Bonchev–Trinajstić information content (AvgIpc) is 2.80. The molecule has 3 fully saturated rings. The van der Waals surface area contributed by atoms with Crippen molar-refractivity contribution in [1.29, 1.82) is 0 Å². The molecule has 1 saturated heterocycles. The number of ether oxygens (including phenoxy) is 2. The number of hydrogen-bond donors (Lipinski definition) is 0. The average molecular weight is 431 g/mol. The van der Waals surface area contributed by atoms with Crippen molar-refractivity contribution in [2.75, 3.05) is 13.2 Å². The van der Waals surface area contributed by atoms with Crippen LogP contribution in [0.3, 0.4) is 0 Å². The molecule has 0 bridgehead atoms. The third-order valence-corrected chi connectivity index (χ3v) is 8.56. The van der Waals surface area contributed by atoms with Crippen molar-refractivity contribution in [2.45, 2.75) is 103 Å². The molecule has 4 rings (SSSR count). The fourth-order valence-corrected chi connectivity index (χ4v) is 7.04. The zero-order valence-corrected chi connectivity index (χ0v) is 19.8. The van der Waals surface area contributed by atoms with Crippen molar-refractivity contribution >= 4 is 0 Å². The van der Waals surface area contributed by atoms with E-state index < -0.39 is 0 Å². The maximum Gasteiger partial charge on any atom is 0.130 e. The second-order valence-electron chi connectivity index (χ2n) is 10.4. The Balaban J connectivity index is 1.47. The van der Waals surface area contributed by atoms with Gasteiger partial charge in [-0.2, -0.15) is 0 Å². The Hall–Kier alpha value is -1.09. The van der Waals surface area contributed by atoms with E-state index in [9.17, 15) is 4.39 Å². The van der Waals surface area contributed by atoms with E-state index in [1.54, 1.807) is 6.07 Å². The highest BCUT2D eigenvalue weighted by Gasteiger charge is 2.42. The third-order valence-electron chi connectivity index (χ3n) is 8.56. The lowest BCUT2D eigenvalue weighted by molar-refractivity contribution is -0.0655. The normalized spacial score (nSPS) is 34.4. The highest BCUT2D eigenvalue weighted by molar-refractivity contribution is 5.31. The first-order valence-electron chi connectivity index (χ1n) is 13.2. The molecule has 1 heterocycles. The van der Waals surface area contributed by atoms with Crippen molar-refractivity contribution in [1.82, 2.24) is 0 Å². The molecule has 0 N–H and O–H groups in total. The van der Waals surface area contributed by atoms with Gasteiger partial charge in [-0.25, -0.2) is 4.39 Å². The summed E-state index contributed by atoms with van der Waals surface area (Å²) in [6.45, 7) is 5.76. The molecule has 2 aliphatic carbocycles. The first kappa shape index (κ1) is 23.1. The van der Waals surface area contributed by atoms with Gasteiger partial charge in [-0.05, 0) is 99.5 Å². The van der Waals surface area contributed by atoms with Gasteiger partial charge < -0.3 is 9.47 Å². The fraction of sp³-hybridized carbons (Fsp3) is 0.786. The molecular weight excluding hydrogens is 387 g/mol. The molecule has 174 valence electrons. The smallest absolute Gasteiger partial charge is 0.130 e. The number of rotatable bonds is 7. The van der Waals surface area contributed by atoms with Gasteiger partial charge in [-0.3, -0.25) is 0 Å². The fourth-order valence-electron chi connectivity index (χ4n) is 7.04. The summed E-state index contributed by atoms with van der Waals surface area (Å²) in [5.74, 6) is 4.06. The van der Waals surface area contributed by atoms with Crippen molar-refractivity contribution in [3.8, 4) is 5.75 Å². The minimum atomic E-state index is -0.0854. The van der Waals surface area contributed by atoms with Crippen LogP contribution in [-0.2, 0) is 4.74 Å². The third kappa shape index (κ3) is 5.64. The minimum absolute atomic E-state index is 0.0854. The lowest BCUT2D eigenvalue weighted by Crippen LogP contribution is -2.41. The standard InChI is InChI=1S/C28H43FO2/c1-3-7-20-9-11-21(12-10-20)24-15-13-22(18-26(24)28-8-5-6-17-31-28)25-16-14-23(30-4-2)19-27(25)29/h14,16,19-22,24,26,28H,3-13,15,17-18H2,1-2H3. The van der Waals surface area contributed by atoms with E-state index in [2.05, 4.69) is 6.92 Å². The Morgan fingerprint density at radius 1 is 0.968 bits per heavy atom. The summed E-state index contributed by atoms with van der Waals surface area (Å²) in [4.78, 5) is 0. The molecular formula is C28H43FO2. The Morgan fingerprint density at radius 2 is 1.81 bits per heavy atom. The zero-order chi connectivity index (χ0) is 21.6. The molecule has 1 aromatic carbocycles. The van der Waals surface area contributed by atoms with Crippen LogP contribution in [0.2, 0.25) is 0 Å². The van der Waals surface area contributed by atoms with E-state index in [0.717, 1.165) is 42.8 Å². The van der Waals surface area contributed by atoms with Gasteiger partial charge in [0.2, 0.25) is 0 Å². The van der Waals surface area contributed by atoms with Crippen LogP contribution in [0.15, 0.2) is 18.2 Å². The molecule has 0 radical (unpaired) electrons. The summed E-state index contributed by atoms with van der Waals surface area (Å²) in [5.41, 5.74) is 0.898. The molecule has 2 nitrogen and oxygen atoms in total. The first-order chi connectivity index (χ1) is 15.2. The van der Waals surface area contributed by atoms with Crippen LogP contribution >= 0.6 is 0 Å². The molecule has 31 heavy (non-hydrogen) atoms. The Morgan fingerprint density at radius 3 is 2.48 bits per heavy atom. The minimum Gasteiger partial charge on any atom is -0.494 e. The molecule has 1 aliphatic heterocycles. The highest BCUT2D eigenvalue weighted by atomic mass is 19.1. The molecule has 0 spiro atoms. The second kappa shape index (κ2) is 11.2. The van der Waals surface area contributed by atoms with Gasteiger partial charge in [0.1, 0.15) is 11.6 Å². The van der Waals surface area contributed by atoms with Crippen molar-refractivity contribution in [3.63, 3.8) is 0 Å².